The second-order valence-corrected chi connectivity index (χ2v) is 7.50. The smallest absolute Gasteiger partial charge is 0.262 e. The van der Waals surface area contributed by atoms with Crippen molar-refractivity contribution in [3.63, 3.8) is 0 Å². The normalized spacial score (nSPS) is 17.0. The molecule has 5 rings (SSSR count). The summed E-state index contributed by atoms with van der Waals surface area (Å²) in [5.74, 6) is -0.0147. The molecule has 1 aliphatic rings. The highest BCUT2D eigenvalue weighted by molar-refractivity contribution is 5.91. The van der Waals surface area contributed by atoms with Crippen molar-refractivity contribution in [3.05, 3.63) is 58.3 Å². The van der Waals surface area contributed by atoms with Gasteiger partial charge in [0.05, 0.1) is 29.0 Å². The lowest BCUT2D eigenvalue weighted by atomic mass is 10.0. The SMILES string of the molecule is Cc1cn2nc(-c3cc(O)c4c(=O)n(C5CCNC5)ccc4c3)cc(C)c2n1. The quantitative estimate of drug-likeness (QED) is 0.563. The summed E-state index contributed by atoms with van der Waals surface area (Å²) in [6.07, 6.45) is 4.62. The van der Waals surface area contributed by atoms with Crippen molar-refractivity contribution in [1.29, 1.82) is 0 Å². The van der Waals surface area contributed by atoms with Crippen LogP contribution in [0.25, 0.3) is 27.7 Å². The molecule has 1 unspecified atom stereocenters. The minimum atomic E-state index is -0.153. The van der Waals surface area contributed by atoms with Gasteiger partial charge in [0, 0.05) is 18.3 Å². The van der Waals surface area contributed by atoms with E-state index in [1.807, 2.05) is 44.4 Å². The highest BCUT2D eigenvalue weighted by atomic mass is 16.3. The Morgan fingerprint density at radius 1 is 1.25 bits per heavy atom. The van der Waals surface area contributed by atoms with E-state index in [1.54, 1.807) is 15.1 Å². The standard InChI is InChI=1S/C21H21N5O2/c1-12-7-17(24-26-11-13(2)23-20(12)26)15-8-14-4-6-25(16-3-5-22-10-16)21(28)19(14)18(27)9-15/h4,6-9,11,16,22,27H,3,5,10H2,1-2H3. The van der Waals surface area contributed by atoms with Crippen molar-refractivity contribution in [2.24, 2.45) is 0 Å². The third kappa shape index (κ3) is 2.58. The Bertz CT molecular complexity index is 1280. The number of nitrogens with zero attached hydrogens (tertiary/aromatic N) is 4. The predicted molar refractivity (Wildman–Crippen MR) is 108 cm³/mol. The van der Waals surface area contributed by atoms with E-state index in [4.69, 9.17) is 0 Å². The Balaban J connectivity index is 1.68. The van der Waals surface area contributed by atoms with E-state index in [2.05, 4.69) is 15.4 Å². The van der Waals surface area contributed by atoms with Gasteiger partial charge in [-0.25, -0.2) is 9.50 Å². The summed E-state index contributed by atoms with van der Waals surface area (Å²) in [6, 6.07) is 7.51. The number of aromatic nitrogens is 4. The Labute approximate surface area is 161 Å². The molecule has 0 radical (unpaired) electrons. The number of phenols is 1. The van der Waals surface area contributed by atoms with E-state index in [1.165, 1.54) is 0 Å². The minimum Gasteiger partial charge on any atom is -0.507 e. The van der Waals surface area contributed by atoms with Crippen molar-refractivity contribution in [2.75, 3.05) is 13.1 Å². The van der Waals surface area contributed by atoms with E-state index in [0.717, 1.165) is 47.7 Å². The molecule has 7 nitrogen and oxygen atoms in total. The first kappa shape index (κ1) is 16.9. The molecular weight excluding hydrogens is 354 g/mol. The number of benzene rings is 1. The van der Waals surface area contributed by atoms with Crippen molar-refractivity contribution in [2.45, 2.75) is 26.3 Å². The molecule has 0 spiro atoms. The summed E-state index contributed by atoms with van der Waals surface area (Å²) in [6.45, 7) is 5.60. The topological polar surface area (TPSA) is 84.5 Å². The molecular formula is C21H21N5O2. The van der Waals surface area contributed by atoms with Crippen molar-refractivity contribution in [3.8, 4) is 17.0 Å². The largest absolute Gasteiger partial charge is 0.507 e. The summed E-state index contributed by atoms with van der Waals surface area (Å²) < 4.78 is 3.48. The molecule has 1 aromatic carbocycles. The lowest BCUT2D eigenvalue weighted by Gasteiger charge is -2.14. The van der Waals surface area contributed by atoms with Gasteiger partial charge in [-0.2, -0.15) is 5.10 Å². The molecule has 28 heavy (non-hydrogen) atoms. The van der Waals surface area contributed by atoms with Crippen LogP contribution in [0.4, 0.5) is 0 Å². The summed E-state index contributed by atoms with van der Waals surface area (Å²) >= 11 is 0. The maximum absolute atomic E-state index is 13.0. The molecule has 7 heteroatoms. The predicted octanol–water partition coefficient (Wildman–Crippen LogP) is 2.57. The van der Waals surface area contributed by atoms with Crippen molar-refractivity contribution in [1.82, 2.24) is 24.5 Å². The van der Waals surface area contributed by atoms with Crippen LogP contribution in [0.3, 0.4) is 0 Å². The number of fused-ring (bicyclic) bond motifs is 2. The van der Waals surface area contributed by atoms with E-state index in [0.29, 0.717) is 10.8 Å². The molecule has 4 heterocycles. The second-order valence-electron chi connectivity index (χ2n) is 7.50. The third-order valence-electron chi connectivity index (χ3n) is 5.46. The zero-order chi connectivity index (χ0) is 19.4. The van der Waals surface area contributed by atoms with Crippen LogP contribution in [0, 0.1) is 13.8 Å². The molecule has 1 saturated heterocycles. The number of rotatable bonds is 2. The van der Waals surface area contributed by atoms with E-state index >= 15 is 0 Å². The Hall–Kier alpha value is -3.19. The van der Waals surface area contributed by atoms with Gasteiger partial charge < -0.3 is 15.0 Å². The number of hydrogen-bond donors (Lipinski definition) is 2. The van der Waals surface area contributed by atoms with Crippen molar-refractivity contribution >= 4 is 16.4 Å². The van der Waals surface area contributed by atoms with Gasteiger partial charge in [-0.1, -0.05) is 0 Å². The molecule has 0 bridgehead atoms. The zero-order valence-corrected chi connectivity index (χ0v) is 15.8. The molecule has 0 amide bonds. The van der Waals surface area contributed by atoms with E-state index < -0.39 is 0 Å². The first-order valence-electron chi connectivity index (χ1n) is 9.44. The lowest BCUT2D eigenvalue weighted by molar-refractivity contribution is 0.479. The van der Waals surface area contributed by atoms with Gasteiger partial charge in [0.25, 0.3) is 5.56 Å². The molecule has 0 aliphatic carbocycles. The van der Waals surface area contributed by atoms with Gasteiger partial charge in [-0.15, -0.1) is 0 Å². The fourth-order valence-corrected chi connectivity index (χ4v) is 4.07. The average Bonchev–Trinajstić information content (AvgIpc) is 3.31. The maximum atomic E-state index is 13.0. The molecule has 4 aromatic rings. The first-order valence-corrected chi connectivity index (χ1v) is 9.44. The summed E-state index contributed by atoms with van der Waals surface area (Å²) in [7, 11) is 0. The Morgan fingerprint density at radius 3 is 2.89 bits per heavy atom. The number of pyridine rings is 1. The molecule has 1 aliphatic heterocycles. The van der Waals surface area contributed by atoms with Gasteiger partial charge in [0.15, 0.2) is 5.65 Å². The van der Waals surface area contributed by atoms with Crippen LogP contribution in [0.2, 0.25) is 0 Å². The molecule has 0 saturated carbocycles. The second kappa shape index (κ2) is 6.17. The summed E-state index contributed by atoms with van der Waals surface area (Å²) in [4.78, 5) is 17.4. The number of aryl methyl sites for hydroxylation is 2. The third-order valence-corrected chi connectivity index (χ3v) is 5.46. The summed E-state index contributed by atoms with van der Waals surface area (Å²) in [5, 5.41) is 19.6. The zero-order valence-electron chi connectivity index (χ0n) is 15.8. The first-order chi connectivity index (χ1) is 13.5. The molecule has 142 valence electrons. The molecule has 1 fully saturated rings. The maximum Gasteiger partial charge on any atom is 0.262 e. The van der Waals surface area contributed by atoms with Gasteiger partial charge >= 0.3 is 0 Å². The molecule has 1 atom stereocenters. The number of aromatic hydroxyl groups is 1. The lowest BCUT2D eigenvalue weighted by Crippen LogP contribution is -2.25. The minimum absolute atomic E-state index is 0.0147. The monoisotopic (exact) mass is 375 g/mol. The molecule has 2 N–H and O–H groups in total. The van der Waals surface area contributed by atoms with Crippen molar-refractivity contribution < 1.29 is 5.11 Å². The van der Waals surface area contributed by atoms with Crippen LogP contribution in [0.15, 0.2) is 41.5 Å². The highest BCUT2D eigenvalue weighted by Gasteiger charge is 2.20. The molecule has 3 aromatic heterocycles. The van der Waals surface area contributed by atoms with Crippen LogP contribution in [-0.4, -0.2) is 37.4 Å². The summed E-state index contributed by atoms with van der Waals surface area (Å²) in [5.41, 5.74) is 4.06. The van der Waals surface area contributed by atoms with Gasteiger partial charge in [0.2, 0.25) is 0 Å². The number of nitrogens with one attached hydrogen (secondary N) is 1. The van der Waals surface area contributed by atoms with Crippen LogP contribution >= 0.6 is 0 Å². The Morgan fingerprint density at radius 2 is 2.11 bits per heavy atom. The van der Waals surface area contributed by atoms with Gasteiger partial charge in [0.1, 0.15) is 5.75 Å². The number of phenolic OH excluding ortho intramolecular Hbond substituents is 1. The number of hydrogen-bond acceptors (Lipinski definition) is 5. The van der Waals surface area contributed by atoms with Gasteiger partial charge in [-0.05, 0) is 62.0 Å². The fourth-order valence-electron chi connectivity index (χ4n) is 4.07. The average molecular weight is 375 g/mol. The van der Waals surface area contributed by atoms with E-state index in [-0.39, 0.29) is 17.4 Å². The van der Waals surface area contributed by atoms with Crippen LogP contribution in [-0.2, 0) is 0 Å². The number of imidazole rings is 1. The Kier molecular flexibility index (Phi) is 3.73. The van der Waals surface area contributed by atoms with E-state index in [9.17, 15) is 9.90 Å². The van der Waals surface area contributed by atoms with Crippen LogP contribution < -0.4 is 10.9 Å². The van der Waals surface area contributed by atoms with Gasteiger partial charge in [-0.3, -0.25) is 4.79 Å². The fraction of sp³-hybridized carbons (Fsp3) is 0.286. The van der Waals surface area contributed by atoms with Crippen LogP contribution in [0.1, 0.15) is 23.7 Å². The highest BCUT2D eigenvalue weighted by Crippen LogP contribution is 2.30. The van der Waals surface area contributed by atoms with Crippen LogP contribution in [0.5, 0.6) is 5.75 Å².